The highest BCUT2D eigenvalue weighted by atomic mass is 16.6. The number of nitro groups is 1. The van der Waals surface area contributed by atoms with Crippen LogP contribution >= 0.6 is 0 Å². The Morgan fingerprint density at radius 1 is 1.29 bits per heavy atom. The average Bonchev–Trinajstić information content (AvgIpc) is 3.23. The number of ether oxygens (including phenoxy) is 1. The van der Waals surface area contributed by atoms with Crippen molar-refractivity contribution in [2.24, 2.45) is 7.05 Å². The Labute approximate surface area is 160 Å². The first-order valence-corrected chi connectivity index (χ1v) is 8.53. The number of esters is 1. The first-order valence-electron chi connectivity index (χ1n) is 8.53. The molecule has 1 aromatic carbocycles. The van der Waals surface area contributed by atoms with E-state index in [1.165, 1.54) is 24.3 Å². The highest BCUT2D eigenvalue weighted by molar-refractivity contribution is 5.73. The molecule has 0 spiro atoms. The number of hydrogen-bond donors (Lipinski definition) is 0. The Hall–Kier alpha value is -3.56. The molecule has 0 N–H and O–H groups in total. The minimum absolute atomic E-state index is 0.0354. The number of carbonyl (C=O) groups is 1. The second-order valence-corrected chi connectivity index (χ2v) is 6.33. The molecule has 10 nitrogen and oxygen atoms in total. The van der Waals surface area contributed by atoms with Crippen LogP contribution in [0.1, 0.15) is 35.9 Å². The molecule has 0 radical (unpaired) electrons. The van der Waals surface area contributed by atoms with E-state index in [1.807, 2.05) is 20.9 Å². The number of nitrogens with zero attached hydrogens (tertiary/aromatic N) is 5. The zero-order valence-electron chi connectivity index (χ0n) is 15.9. The van der Waals surface area contributed by atoms with Crippen LogP contribution in [0.25, 0.3) is 11.5 Å². The second kappa shape index (κ2) is 7.59. The zero-order chi connectivity index (χ0) is 20.4. The fraction of sp³-hybridized carbons (Fsp3) is 0.333. The Kier molecular flexibility index (Phi) is 5.21. The van der Waals surface area contributed by atoms with Crippen molar-refractivity contribution >= 4 is 11.7 Å². The van der Waals surface area contributed by atoms with Gasteiger partial charge < -0.3 is 9.15 Å². The molecular weight excluding hydrogens is 366 g/mol. The summed E-state index contributed by atoms with van der Waals surface area (Å²) in [5.74, 6) is -0.102. The summed E-state index contributed by atoms with van der Waals surface area (Å²) < 4.78 is 12.7. The lowest BCUT2D eigenvalue weighted by Gasteiger charge is -2.09. The molecule has 0 fully saturated rings. The van der Waals surface area contributed by atoms with Crippen LogP contribution in [0.4, 0.5) is 5.69 Å². The molecule has 0 aliphatic rings. The summed E-state index contributed by atoms with van der Waals surface area (Å²) in [6.45, 7) is 5.36. The van der Waals surface area contributed by atoms with Crippen molar-refractivity contribution in [3.8, 4) is 11.5 Å². The van der Waals surface area contributed by atoms with Gasteiger partial charge in [-0.1, -0.05) is 0 Å². The maximum absolute atomic E-state index is 12.3. The monoisotopic (exact) mass is 385 g/mol. The van der Waals surface area contributed by atoms with E-state index < -0.39 is 17.0 Å². The van der Waals surface area contributed by atoms with Gasteiger partial charge >= 0.3 is 5.97 Å². The van der Waals surface area contributed by atoms with E-state index in [9.17, 15) is 14.9 Å². The van der Waals surface area contributed by atoms with Gasteiger partial charge in [0.05, 0.1) is 17.0 Å². The van der Waals surface area contributed by atoms with E-state index in [-0.39, 0.29) is 23.9 Å². The Morgan fingerprint density at radius 2 is 1.96 bits per heavy atom. The molecule has 0 bridgehead atoms. The predicted octanol–water partition coefficient (Wildman–Crippen LogP) is 2.84. The molecule has 0 saturated carbocycles. The molecule has 3 rings (SSSR count). The molecular formula is C18H19N5O5. The molecule has 2 heterocycles. The largest absolute Gasteiger partial charge is 0.452 e. The standard InChI is InChI=1S/C18H19N5O5/c1-10-15(11(2)22(4)21-10)9-16(24)27-12(3)17-19-20-18(28-17)13-5-7-14(8-6-13)23(25)26/h5-8,12H,9H2,1-4H3/t12-/m0/s1. The van der Waals surface area contributed by atoms with E-state index in [1.54, 1.807) is 11.6 Å². The number of carbonyl (C=O) groups excluding carboxylic acids is 1. The summed E-state index contributed by atoms with van der Waals surface area (Å²) in [5, 5.41) is 22.8. The van der Waals surface area contributed by atoms with Crippen molar-refractivity contribution in [1.29, 1.82) is 0 Å². The molecule has 0 unspecified atom stereocenters. The molecule has 0 aliphatic carbocycles. The molecule has 10 heteroatoms. The Bertz CT molecular complexity index is 1020. The number of hydrogen-bond acceptors (Lipinski definition) is 8. The van der Waals surface area contributed by atoms with E-state index in [0.29, 0.717) is 5.56 Å². The SMILES string of the molecule is Cc1nn(C)c(C)c1CC(=O)O[C@@H](C)c1nnc(-c2ccc([N+](=O)[O-])cc2)o1. The number of non-ortho nitro benzene ring substituents is 1. The van der Waals surface area contributed by atoms with Crippen LogP contribution in [0.15, 0.2) is 28.7 Å². The second-order valence-electron chi connectivity index (χ2n) is 6.33. The van der Waals surface area contributed by atoms with Gasteiger partial charge in [0, 0.05) is 36.0 Å². The highest BCUT2D eigenvalue weighted by Gasteiger charge is 2.21. The number of nitro benzene ring substituents is 1. The van der Waals surface area contributed by atoms with E-state index in [2.05, 4.69) is 15.3 Å². The average molecular weight is 385 g/mol. The van der Waals surface area contributed by atoms with Crippen molar-refractivity contribution in [1.82, 2.24) is 20.0 Å². The van der Waals surface area contributed by atoms with E-state index in [4.69, 9.17) is 9.15 Å². The van der Waals surface area contributed by atoms with Gasteiger partial charge in [-0.25, -0.2) is 0 Å². The van der Waals surface area contributed by atoms with Gasteiger partial charge in [0.1, 0.15) is 0 Å². The van der Waals surface area contributed by atoms with Gasteiger partial charge in [0.15, 0.2) is 6.10 Å². The third-order valence-corrected chi connectivity index (χ3v) is 4.40. The molecule has 3 aromatic rings. The van der Waals surface area contributed by atoms with Crippen LogP contribution in [0.5, 0.6) is 0 Å². The van der Waals surface area contributed by atoms with Crippen LogP contribution in [0, 0.1) is 24.0 Å². The summed E-state index contributed by atoms with van der Waals surface area (Å²) in [7, 11) is 1.82. The summed E-state index contributed by atoms with van der Waals surface area (Å²) in [5.41, 5.74) is 3.01. The maximum Gasteiger partial charge on any atom is 0.311 e. The first kappa shape index (κ1) is 19.2. The number of benzene rings is 1. The van der Waals surface area contributed by atoms with Crippen molar-refractivity contribution in [3.63, 3.8) is 0 Å². The smallest absolute Gasteiger partial charge is 0.311 e. The molecule has 2 aromatic heterocycles. The number of rotatable bonds is 6. The van der Waals surface area contributed by atoms with Crippen LogP contribution in [0.2, 0.25) is 0 Å². The molecule has 1 atom stereocenters. The lowest BCUT2D eigenvalue weighted by molar-refractivity contribution is -0.384. The summed E-state index contributed by atoms with van der Waals surface area (Å²) >= 11 is 0. The molecule has 0 amide bonds. The van der Waals surface area contributed by atoms with Crippen molar-refractivity contribution in [3.05, 3.63) is 57.2 Å². The third-order valence-electron chi connectivity index (χ3n) is 4.40. The lowest BCUT2D eigenvalue weighted by atomic mass is 10.1. The zero-order valence-corrected chi connectivity index (χ0v) is 15.9. The van der Waals surface area contributed by atoms with Crippen molar-refractivity contribution in [2.75, 3.05) is 0 Å². The van der Waals surface area contributed by atoms with Gasteiger partial charge in [0.2, 0.25) is 5.89 Å². The predicted molar refractivity (Wildman–Crippen MR) is 97.3 cm³/mol. The van der Waals surface area contributed by atoms with Gasteiger partial charge in [-0.15, -0.1) is 10.2 Å². The van der Waals surface area contributed by atoms with E-state index >= 15 is 0 Å². The molecule has 0 aliphatic heterocycles. The number of aromatic nitrogens is 4. The summed E-state index contributed by atoms with van der Waals surface area (Å²) in [4.78, 5) is 22.5. The fourth-order valence-corrected chi connectivity index (χ4v) is 2.75. The Balaban J connectivity index is 1.67. The quantitative estimate of drug-likeness (QED) is 0.360. The summed E-state index contributed by atoms with van der Waals surface area (Å²) in [6, 6.07) is 5.72. The van der Waals surface area contributed by atoms with Gasteiger partial charge in [-0.05, 0) is 32.9 Å². The van der Waals surface area contributed by atoms with Crippen LogP contribution in [0.3, 0.4) is 0 Å². The highest BCUT2D eigenvalue weighted by Crippen LogP contribution is 2.24. The van der Waals surface area contributed by atoms with Crippen molar-refractivity contribution in [2.45, 2.75) is 33.3 Å². The van der Waals surface area contributed by atoms with Crippen LogP contribution in [-0.4, -0.2) is 30.9 Å². The fourth-order valence-electron chi connectivity index (χ4n) is 2.75. The third kappa shape index (κ3) is 3.90. The van der Waals surface area contributed by atoms with Gasteiger partial charge in [-0.2, -0.15) is 5.10 Å². The van der Waals surface area contributed by atoms with Crippen molar-refractivity contribution < 1.29 is 18.9 Å². The summed E-state index contributed by atoms with van der Waals surface area (Å²) in [6.07, 6.45) is -0.636. The van der Waals surface area contributed by atoms with Crippen LogP contribution < -0.4 is 0 Å². The molecule has 0 saturated heterocycles. The topological polar surface area (TPSA) is 126 Å². The Morgan fingerprint density at radius 3 is 2.54 bits per heavy atom. The molecule has 146 valence electrons. The minimum atomic E-state index is -0.732. The lowest BCUT2D eigenvalue weighted by Crippen LogP contribution is -2.12. The van der Waals surface area contributed by atoms with Gasteiger partial charge in [0.25, 0.3) is 11.6 Å². The van der Waals surface area contributed by atoms with E-state index in [0.717, 1.165) is 17.0 Å². The maximum atomic E-state index is 12.3. The van der Waals surface area contributed by atoms with Gasteiger partial charge in [-0.3, -0.25) is 19.6 Å². The number of aryl methyl sites for hydroxylation is 2. The first-order chi connectivity index (χ1) is 13.3. The van der Waals surface area contributed by atoms with Crippen LogP contribution in [-0.2, 0) is 23.0 Å². The normalized spacial score (nSPS) is 12.0. The minimum Gasteiger partial charge on any atom is -0.452 e. The molecule has 28 heavy (non-hydrogen) atoms.